The second-order valence-corrected chi connectivity index (χ2v) is 5.50. The van der Waals surface area contributed by atoms with Gasteiger partial charge in [-0.3, -0.25) is 4.79 Å². The lowest BCUT2D eigenvalue weighted by Gasteiger charge is -2.12. The van der Waals surface area contributed by atoms with Gasteiger partial charge in [0.2, 0.25) is 0 Å². The lowest BCUT2D eigenvalue weighted by molar-refractivity contribution is -0.142. The maximum absolute atomic E-state index is 11.4. The normalized spacial score (nSPS) is 11.6. The Morgan fingerprint density at radius 3 is 2.59 bits per heavy atom. The molecule has 1 heterocycles. The van der Waals surface area contributed by atoms with Gasteiger partial charge in [-0.2, -0.15) is 13.5 Å². The highest BCUT2D eigenvalue weighted by atomic mass is 35.5. The van der Waals surface area contributed by atoms with Crippen LogP contribution >= 0.6 is 36.7 Å². The number of carbonyl (C=O) groups excluding carboxylic acids is 1. The molecule has 0 fully saturated rings. The lowest BCUT2D eigenvalue weighted by atomic mass is 10.1. The molecule has 0 spiro atoms. The molecular weight excluding hydrogens is 345 g/mol. The van der Waals surface area contributed by atoms with E-state index in [4.69, 9.17) is 28.9 Å². The van der Waals surface area contributed by atoms with Crippen LogP contribution in [-0.4, -0.2) is 28.7 Å². The van der Waals surface area contributed by atoms with E-state index in [2.05, 4.69) is 9.72 Å². The molecule has 0 unspecified atom stereocenters. The van der Waals surface area contributed by atoms with Gasteiger partial charge in [0.1, 0.15) is 6.04 Å². The van der Waals surface area contributed by atoms with Crippen molar-refractivity contribution in [3.05, 3.63) is 52.0 Å². The largest absolute Gasteiger partial charge is 0.468 e. The van der Waals surface area contributed by atoms with Gasteiger partial charge in [0.05, 0.1) is 13.4 Å². The second kappa shape index (κ2) is 8.43. The van der Waals surface area contributed by atoms with Crippen LogP contribution in [0.2, 0.25) is 10.0 Å². The average molecular weight is 362 g/mol. The third-order valence-corrected chi connectivity index (χ3v) is 3.44. The molecule has 2 rings (SSSR count). The highest BCUT2D eigenvalue weighted by Gasteiger charge is 2.16. The van der Waals surface area contributed by atoms with Gasteiger partial charge in [0.15, 0.2) is 0 Å². The summed E-state index contributed by atoms with van der Waals surface area (Å²) in [5.74, 6) is -0.450. The van der Waals surface area contributed by atoms with Crippen molar-refractivity contribution in [3.63, 3.8) is 0 Å². The number of rotatable bonds is 5. The van der Waals surface area contributed by atoms with Gasteiger partial charge in [0, 0.05) is 34.9 Å². The smallest absolute Gasteiger partial charge is 0.323 e. The van der Waals surface area contributed by atoms with Gasteiger partial charge in [-0.1, -0.05) is 23.2 Å². The Morgan fingerprint density at radius 2 is 2.00 bits per heavy atom. The van der Waals surface area contributed by atoms with Crippen molar-refractivity contribution in [3.8, 4) is 0 Å². The second-order valence-electron chi connectivity index (χ2n) is 4.62. The molecular formula is C14H17Cl2N3O2S. The summed E-state index contributed by atoms with van der Waals surface area (Å²) < 4.78 is 6.52. The number of carbonyl (C=O) groups is 1. The number of nitrogens with zero attached hydrogens (tertiary/aromatic N) is 2. The van der Waals surface area contributed by atoms with Crippen molar-refractivity contribution in [2.75, 3.05) is 7.11 Å². The molecule has 1 aromatic carbocycles. The van der Waals surface area contributed by atoms with E-state index in [0.29, 0.717) is 23.0 Å². The molecule has 2 N–H and O–H groups in total. The maximum atomic E-state index is 11.4. The van der Waals surface area contributed by atoms with Gasteiger partial charge >= 0.3 is 5.97 Å². The van der Waals surface area contributed by atoms with Crippen molar-refractivity contribution in [1.82, 2.24) is 9.55 Å². The zero-order valence-electron chi connectivity index (χ0n) is 11.9. The molecule has 0 radical (unpaired) electrons. The number of benzene rings is 1. The van der Waals surface area contributed by atoms with Crippen molar-refractivity contribution < 1.29 is 9.53 Å². The van der Waals surface area contributed by atoms with Crippen molar-refractivity contribution in [1.29, 1.82) is 0 Å². The van der Waals surface area contributed by atoms with Crippen molar-refractivity contribution in [2.45, 2.75) is 19.0 Å². The van der Waals surface area contributed by atoms with Crippen LogP contribution in [0.3, 0.4) is 0 Å². The topological polar surface area (TPSA) is 70.1 Å². The summed E-state index contributed by atoms with van der Waals surface area (Å²) in [6.07, 6.45) is 3.70. The Bertz CT molecular complexity index is 629. The Kier molecular flexibility index (Phi) is 7.22. The molecule has 0 saturated heterocycles. The molecule has 22 heavy (non-hydrogen) atoms. The minimum Gasteiger partial charge on any atom is -0.468 e. The zero-order chi connectivity index (χ0) is 15.4. The summed E-state index contributed by atoms with van der Waals surface area (Å²) in [6, 6.07) is 4.62. The van der Waals surface area contributed by atoms with Crippen LogP contribution < -0.4 is 5.73 Å². The van der Waals surface area contributed by atoms with Crippen LogP contribution in [0.25, 0.3) is 0 Å². The summed E-state index contributed by atoms with van der Waals surface area (Å²) in [7, 11) is 1.31. The Hall–Kier alpha value is -1.21. The predicted octanol–water partition coefficient (Wildman–Crippen LogP) is 2.39. The first-order chi connectivity index (χ1) is 9.99. The maximum Gasteiger partial charge on any atom is 0.323 e. The molecule has 0 saturated carbocycles. The third kappa shape index (κ3) is 4.91. The predicted molar refractivity (Wildman–Crippen MR) is 91.9 cm³/mol. The lowest BCUT2D eigenvalue weighted by Crippen LogP contribution is -2.34. The summed E-state index contributed by atoms with van der Waals surface area (Å²) >= 11 is 12.0. The van der Waals surface area contributed by atoms with Crippen LogP contribution in [0.1, 0.15) is 11.3 Å². The van der Waals surface area contributed by atoms with Crippen LogP contribution in [0, 0.1) is 0 Å². The standard InChI is InChI=1S/C14H15Cl2N3O2.H2S/c1-21-14(20)13(17)5-12-6-18-8-19(12)7-9-2-10(15)4-11(16)3-9;/h2-4,6,8,13H,5,7,17H2,1H3;1H2/t13-;/m0./s1. The molecule has 8 heteroatoms. The van der Waals surface area contributed by atoms with E-state index in [9.17, 15) is 4.79 Å². The number of aromatic nitrogens is 2. The minimum atomic E-state index is -0.714. The molecule has 0 bridgehead atoms. The first-order valence-electron chi connectivity index (χ1n) is 6.27. The Labute approximate surface area is 145 Å². The fraction of sp³-hybridized carbons (Fsp3) is 0.286. The summed E-state index contributed by atoms with van der Waals surface area (Å²) in [6.45, 7) is 0.545. The van der Waals surface area contributed by atoms with Crippen LogP contribution in [0.5, 0.6) is 0 Å². The number of methoxy groups -OCH3 is 1. The van der Waals surface area contributed by atoms with Gasteiger partial charge in [-0.05, 0) is 23.8 Å². The van der Waals surface area contributed by atoms with Gasteiger partial charge in [0.25, 0.3) is 0 Å². The SMILES string of the molecule is COC(=O)[C@@H](N)Cc1cncn1Cc1cc(Cl)cc(Cl)c1.S. The first kappa shape index (κ1) is 18.8. The van der Waals surface area contributed by atoms with Gasteiger partial charge in [-0.25, -0.2) is 4.98 Å². The number of nitrogens with two attached hydrogens (primary N) is 1. The molecule has 0 aliphatic heterocycles. The number of esters is 1. The quantitative estimate of drug-likeness (QED) is 0.830. The van der Waals surface area contributed by atoms with Crippen LogP contribution in [0.15, 0.2) is 30.7 Å². The van der Waals surface area contributed by atoms with E-state index in [1.165, 1.54) is 7.11 Å². The molecule has 0 aliphatic rings. The van der Waals surface area contributed by atoms with Gasteiger partial charge < -0.3 is 15.0 Å². The first-order valence-corrected chi connectivity index (χ1v) is 7.02. The molecule has 120 valence electrons. The Balaban J connectivity index is 0.00000242. The summed E-state index contributed by atoms with van der Waals surface area (Å²) in [4.78, 5) is 15.5. The van der Waals surface area contributed by atoms with E-state index < -0.39 is 12.0 Å². The summed E-state index contributed by atoms with van der Waals surface area (Å²) in [5.41, 5.74) is 7.55. The van der Waals surface area contributed by atoms with Crippen LogP contribution in [0.4, 0.5) is 0 Å². The zero-order valence-corrected chi connectivity index (χ0v) is 14.4. The van der Waals surface area contributed by atoms with E-state index in [-0.39, 0.29) is 13.5 Å². The van der Waals surface area contributed by atoms with Gasteiger partial charge in [-0.15, -0.1) is 0 Å². The number of hydrogen-bond donors (Lipinski definition) is 1. The minimum absolute atomic E-state index is 0. The number of imidazole rings is 1. The summed E-state index contributed by atoms with van der Waals surface area (Å²) in [5, 5.41) is 1.15. The molecule has 0 amide bonds. The molecule has 1 atom stereocenters. The number of ether oxygens (including phenoxy) is 1. The van der Waals surface area contributed by atoms with Crippen molar-refractivity contribution in [2.24, 2.45) is 5.73 Å². The average Bonchev–Trinajstić information content (AvgIpc) is 2.83. The van der Waals surface area contributed by atoms with E-state index in [0.717, 1.165) is 11.3 Å². The number of halogens is 2. The molecule has 0 aliphatic carbocycles. The Morgan fingerprint density at radius 1 is 1.36 bits per heavy atom. The van der Waals surface area contributed by atoms with Crippen molar-refractivity contribution >= 4 is 42.7 Å². The molecule has 1 aromatic heterocycles. The van der Waals surface area contributed by atoms with E-state index >= 15 is 0 Å². The fourth-order valence-electron chi connectivity index (χ4n) is 2.02. The highest BCUT2D eigenvalue weighted by molar-refractivity contribution is 7.59. The monoisotopic (exact) mass is 361 g/mol. The number of hydrogen-bond acceptors (Lipinski definition) is 4. The fourth-order valence-corrected chi connectivity index (χ4v) is 2.59. The van der Waals surface area contributed by atoms with Crippen LogP contribution in [-0.2, 0) is 22.5 Å². The third-order valence-electron chi connectivity index (χ3n) is 3.01. The van der Waals surface area contributed by atoms with E-state index in [1.807, 2.05) is 16.7 Å². The molecule has 2 aromatic rings. The highest BCUT2D eigenvalue weighted by Crippen LogP contribution is 2.20. The van der Waals surface area contributed by atoms with E-state index in [1.54, 1.807) is 18.6 Å². The molecule has 5 nitrogen and oxygen atoms in total.